The van der Waals surface area contributed by atoms with E-state index >= 15 is 0 Å². The number of para-hydroxylation sites is 4. The number of hydrogen-bond acceptors (Lipinski definition) is 5. The predicted octanol–water partition coefficient (Wildman–Crippen LogP) is 13.9. The van der Waals surface area contributed by atoms with Gasteiger partial charge in [-0.15, -0.1) is 0 Å². The second kappa shape index (κ2) is 12.3. The molecule has 0 saturated heterocycles. The van der Waals surface area contributed by atoms with E-state index in [0.717, 1.165) is 44.4 Å². The minimum absolute atomic E-state index is 0.117. The van der Waals surface area contributed by atoms with E-state index < -0.39 is 0 Å². The van der Waals surface area contributed by atoms with Gasteiger partial charge in [0.1, 0.15) is 0 Å². The van der Waals surface area contributed by atoms with Crippen LogP contribution in [-0.4, -0.2) is 9.97 Å². The normalized spacial score (nSPS) is 14.9. The molecule has 0 N–H and O–H groups in total. The number of pyridine rings is 2. The molecule has 2 aliphatic heterocycles. The summed E-state index contributed by atoms with van der Waals surface area (Å²) in [6, 6.07) is 57.0. The Labute approximate surface area is 332 Å². The quantitative estimate of drug-likeness (QED) is 0.180. The van der Waals surface area contributed by atoms with Gasteiger partial charge in [-0.05, 0) is 94.0 Å². The molecule has 5 heterocycles. The van der Waals surface area contributed by atoms with E-state index in [0.29, 0.717) is 11.4 Å². The molecule has 274 valence electrons. The molecule has 0 atom stereocenters. The number of benzene rings is 6. The van der Waals surface area contributed by atoms with E-state index in [1.54, 1.807) is 0 Å². The molecule has 0 amide bonds. The molecule has 11 rings (SSSR count). The van der Waals surface area contributed by atoms with E-state index in [2.05, 4.69) is 195 Å². The molecule has 0 bridgehead atoms. The van der Waals surface area contributed by atoms with Crippen molar-refractivity contribution >= 4 is 56.3 Å². The van der Waals surface area contributed by atoms with Crippen LogP contribution < -0.4 is 9.80 Å². The van der Waals surface area contributed by atoms with Crippen molar-refractivity contribution in [3.8, 4) is 22.3 Å². The molecule has 5 heteroatoms. The summed E-state index contributed by atoms with van der Waals surface area (Å²) in [4.78, 5) is 14.5. The molecule has 0 fully saturated rings. The van der Waals surface area contributed by atoms with Crippen LogP contribution in [-0.2, 0) is 10.8 Å². The zero-order chi connectivity index (χ0) is 38.5. The molecule has 0 radical (unpaired) electrons. The smallest absolute Gasteiger partial charge is 0.229 e. The van der Waals surface area contributed by atoms with Crippen molar-refractivity contribution in [2.75, 3.05) is 9.80 Å². The van der Waals surface area contributed by atoms with Crippen molar-refractivity contribution in [3.63, 3.8) is 0 Å². The summed E-state index contributed by atoms with van der Waals surface area (Å²) in [6.45, 7) is 9.27. The van der Waals surface area contributed by atoms with Crippen LogP contribution in [0.3, 0.4) is 0 Å². The summed E-state index contributed by atoms with van der Waals surface area (Å²) < 4.78 is 6.23. The number of anilines is 6. The fraction of sp³-hybridized carbons (Fsp3) is 0.115. The van der Waals surface area contributed by atoms with E-state index in [1.807, 2.05) is 12.4 Å². The molecule has 2 aliphatic rings. The van der Waals surface area contributed by atoms with Crippen molar-refractivity contribution in [2.24, 2.45) is 0 Å². The molecule has 0 unspecified atom stereocenters. The van der Waals surface area contributed by atoms with Gasteiger partial charge in [0, 0.05) is 45.7 Å². The van der Waals surface area contributed by atoms with Crippen molar-refractivity contribution < 1.29 is 4.42 Å². The lowest BCUT2D eigenvalue weighted by Gasteiger charge is -2.42. The topological polar surface area (TPSA) is 45.4 Å². The zero-order valence-corrected chi connectivity index (χ0v) is 32.4. The SMILES string of the molecule is CC1(C)c2ccccc2N(c2cccc(-c3cnc4oc5ncc(-c6cccc(N7c8ccccc8C(C)(C)c8ccccc87)c6)cc5c4c3)c2)c2ccccc21. The van der Waals surface area contributed by atoms with Crippen LogP contribution in [0.15, 0.2) is 175 Å². The van der Waals surface area contributed by atoms with Gasteiger partial charge in [-0.2, -0.15) is 0 Å². The van der Waals surface area contributed by atoms with Crippen LogP contribution in [0.2, 0.25) is 0 Å². The monoisotopic (exact) mass is 736 g/mol. The lowest BCUT2D eigenvalue weighted by Crippen LogP contribution is -2.30. The Morgan fingerprint density at radius 2 is 0.737 bits per heavy atom. The van der Waals surface area contributed by atoms with E-state index in [-0.39, 0.29) is 10.8 Å². The Kier molecular flexibility index (Phi) is 7.18. The van der Waals surface area contributed by atoms with Crippen molar-refractivity contribution in [2.45, 2.75) is 38.5 Å². The number of hydrogen-bond donors (Lipinski definition) is 0. The predicted molar refractivity (Wildman–Crippen MR) is 234 cm³/mol. The highest BCUT2D eigenvalue weighted by atomic mass is 16.3. The fourth-order valence-corrected chi connectivity index (χ4v) is 9.40. The summed E-state index contributed by atoms with van der Waals surface area (Å²) in [5.74, 6) is 0. The highest BCUT2D eigenvalue weighted by Gasteiger charge is 2.38. The lowest BCUT2D eigenvalue weighted by atomic mass is 9.73. The van der Waals surface area contributed by atoms with Gasteiger partial charge in [-0.3, -0.25) is 0 Å². The second-order valence-corrected chi connectivity index (χ2v) is 16.3. The molecule has 9 aromatic rings. The number of rotatable bonds is 4. The van der Waals surface area contributed by atoms with E-state index in [4.69, 9.17) is 14.4 Å². The number of aromatic nitrogens is 2. The minimum atomic E-state index is -0.117. The summed E-state index contributed by atoms with van der Waals surface area (Å²) in [5, 5.41) is 1.88. The maximum Gasteiger partial charge on any atom is 0.229 e. The van der Waals surface area contributed by atoms with Crippen LogP contribution in [0.25, 0.3) is 44.5 Å². The fourth-order valence-electron chi connectivity index (χ4n) is 9.40. The van der Waals surface area contributed by atoms with Gasteiger partial charge in [0.2, 0.25) is 11.4 Å². The first-order valence-corrected chi connectivity index (χ1v) is 19.6. The summed E-state index contributed by atoms with van der Waals surface area (Å²) in [7, 11) is 0. The largest absolute Gasteiger partial charge is 0.419 e. The van der Waals surface area contributed by atoms with Crippen molar-refractivity contribution in [3.05, 3.63) is 192 Å². The Bertz CT molecular complexity index is 2760. The van der Waals surface area contributed by atoms with Gasteiger partial charge in [0.05, 0.1) is 33.5 Å². The van der Waals surface area contributed by atoms with Gasteiger partial charge >= 0.3 is 0 Å². The number of furan rings is 1. The molecule has 3 aromatic heterocycles. The Balaban J connectivity index is 0.990. The molecule has 6 aromatic carbocycles. The molecular formula is C52H40N4O. The van der Waals surface area contributed by atoms with Crippen molar-refractivity contribution in [1.82, 2.24) is 9.97 Å². The maximum atomic E-state index is 6.23. The third-order valence-electron chi connectivity index (χ3n) is 12.3. The first-order valence-electron chi connectivity index (χ1n) is 19.6. The molecule has 0 saturated carbocycles. The Morgan fingerprint density at radius 1 is 0.386 bits per heavy atom. The second-order valence-electron chi connectivity index (χ2n) is 16.3. The number of nitrogens with zero attached hydrogens (tertiary/aromatic N) is 4. The molecule has 0 spiro atoms. The lowest BCUT2D eigenvalue weighted by molar-refractivity contribution is 0.632. The van der Waals surface area contributed by atoms with Gasteiger partial charge in [-0.25, -0.2) is 9.97 Å². The molecule has 5 nitrogen and oxygen atoms in total. The summed E-state index contributed by atoms with van der Waals surface area (Å²) in [5.41, 5.74) is 17.4. The van der Waals surface area contributed by atoms with Gasteiger partial charge in [0.25, 0.3) is 0 Å². The van der Waals surface area contributed by atoms with Crippen LogP contribution in [0, 0.1) is 0 Å². The molecular weight excluding hydrogens is 697 g/mol. The average Bonchev–Trinajstić information content (AvgIpc) is 3.62. The van der Waals surface area contributed by atoms with Gasteiger partial charge < -0.3 is 14.2 Å². The maximum absolute atomic E-state index is 6.23. The van der Waals surface area contributed by atoms with Crippen LogP contribution in [0.5, 0.6) is 0 Å². The summed E-state index contributed by atoms with van der Waals surface area (Å²) in [6.07, 6.45) is 3.82. The minimum Gasteiger partial charge on any atom is -0.419 e. The van der Waals surface area contributed by atoms with E-state index in [1.165, 1.54) is 45.0 Å². The first kappa shape index (κ1) is 33.4. The Hall–Kier alpha value is -6.98. The average molecular weight is 737 g/mol. The van der Waals surface area contributed by atoms with Gasteiger partial charge in [0.15, 0.2) is 0 Å². The third kappa shape index (κ3) is 5.01. The van der Waals surface area contributed by atoms with Crippen LogP contribution >= 0.6 is 0 Å². The molecule has 0 aliphatic carbocycles. The Morgan fingerprint density at radius 3 is 1.11 bits per heavy atom. The number of fused-ring (bicyclic) bond motifs is 7. The summed E-state index contributed by atoms with van der Waals surface area (Å²) >= 11 is 0. The highest BCUT2D eigenvalue weighted by Crippen LogP contribution is 2.53. The standard InChI is InChI=1S/C52H40N4O/c1-51(2)41-19-5-9-23-45(41)55(46-24-10-6-20-42(46)51)37-17-13-15-33(27-37)35-29-39-40-30-36(32-54-50(40)57-49(39)53-31-35)34-16-14-18-38(28-34)56-47-25-11-7-21-43(47)52(3,4)44-22-8-12-26-48(44)56/h5-32H,1-4H3. The van der Waals surface area contributed by atoms with E-state index in [9.17, 15) is 0 Å². The zero-order valence-electron chi connectivity index (χ0n) is 32.4. The molecule has 57 heavy (non-hydrogen) atoms. The van der Waals surface area contributed by atoms with Gasteiger partial charge in [-0.1, -0.05) is 125 Å². The van der Waals surface area contributed by atoms with Crippen LogP contribution in [0.1, 0.15) is 49.9 Å². The highest BCUT2D eigenvalue weighted by molar-refractivity contribution is 6.05. The van der Waals surface area contributed by atoms with Crippen LogP contribution in [0.4, 0.5) is 34.1 Å². The van der Waals surface area contributed by atoms with Crippen molar-refractivity contribution in [1.29, 1.82) is 0 Å². The third-order valence-corrected chi connectivity index (χ3v) is 12.3. The first-order chi connectivity index (χ1) is 27.8.